The highest BCUT2D eigenvalue weighted by molar-refractivity contribution is 5.94. The van der Waals surface area contributed by atoms with Gasteiger partial charge >= 0.3 is 5.69 Å². The first-order valence-corrected chi connectivity index (χ1v) is 11.4. The van der Waals surface area contributed by atoms with Crippen molar-refractivity contribution in [2.75, 3.05) is 31.6 Å². The van der Waals surface area contributed by atoms with E-state index in [-0.39, 0.29) is 24.9 Å². The van der Waals surface area contributed by atoms with Crippen molar-refractivity contribution in [1.29, 1.82) is 0 Å². The molecule has 0 spiro atoms. The third-order valence-corrected chi connectivity index (χ3v) is 6.51. The van der Waals surface area contributed by atoms with Gasteiger partial charge in [-0.1, -0.05) is 0 Å². The average molecular weight is 472 g/mol. The number of carbonyl (C=O) groups excluding carboxylic acids is 1. The van der Waals surface area contributed by atoms with Gasteiger partial charge in [0, 0.05) is 56.8 Å². The number of ether oxygens (including phenoxy) is 1. The van der Waals surface area contributed by atoms with Crippen LogP contribution >= 0.6 is 0 Å². The lowest BCUT2D eigenvalue weighted by Crippen LogP contribution is -2.42. The summed E-state index contributed by atoms with van der Waals surface area (Å²) in [4.78, 5) is 33.5. The van der Waals surface area contributed by atoms with Gasteiger partial charge in [-0.25, -0.2) is 18.6 Å². The first-order chi connectivity index (χ1) is 16.5. The van der Waals surface area contributed by atoms with E-state index in [1.165, 1.54) is 27.3 Å². The van der Waals surface area contributed by atoms with Gasteiger partial charge in [-0.3, -0.25) is 9.20 Å². The van der Waals surface area contributed by atoms with E-state index >= 15 is 0 Å². The van der Waals surface area contributed by atoms with Crippen molar-refractivity contribution in [2.24, 2.45) is 5.92 Å². The van der Waals surface area contributed by atoms with Gasteiger partial charge in [-0.2, -0.15) is 4.68 Å². The van der Waals surface area contributed by atoms with Crippen LogP contribution in [0, 0.1) is 5.92 Å². The van der Waals surface area contributed by atoms with Gasteiger partial charge < -0.3 is 14.5 Å². The van der Waals surface area contributed by atoms with Gasteiger partial charge in [0.05, 0.1) is 5.56 Å². The monoisotopic (exact) mass is 472 g/mol. The van der Waals surface area contributed by atoms with Gasteiger partial charge in [0.25, 0.3) is 5.91 Å². The third kappa shape index (κ3) is 4.04. The molecular formula is C23H26F2N6O3. The molecule has 0 N–H and O–H groups in total. The SMILES string of the molecule is COCn1nc2cc(N3CCCc4cc(C(=O)N5CCC[C@@H](C(F)F)C5)cnc43)ccn2c1=O. The van der Waals surface area contributed by atoms with E-state index in [0.29, 0.717) is 30.6 Å². The number of anilines is 2. The van der Waals surface area contributed by atoms with Crippen LogP contribution in [0.15, 0.2) is 35.4 Å². The first kappa shape index (κ1) is 22.5. The number of fused-ring (bicyclic) bond motifs is 2. The molecule has 1 amide bonds. The van der Waals surface area contributed by atoms with Crippen molar-refractivity contribution in [3.8, 4) is 0 Å². The van der Waals surface area contributed by atoms with Crippen molar-refractivity contribution in [1.82, 2.24) is 24.1 Å². The molecule has 34 heavy (non-hydrogen) atoms. The van der Waals surface area contributed by atoms with E-state index in [2.05, 4.69) is 10.1 Å². The number of rotatable bonds is 5. The molecule has 5 rings (SSSR count). The minimum atomic E-state index is -2.42. The van der Waals surface area contributed by atoms with Gasteiger partial charge in [0.15, 0.2) is 5.65 Å². The molecule has 2 aliphatic heterocycles. The molecule has 3 aromatic heterocycles. The van der Waals surface area contributed by atoms with E-state index in [0.717, 1.165) is 36.5 Å². The highest BCUT2D eigenvalue weighted by atomic mass is 19.3. The molecule has 1 atom stereocenters. The Morgan fingerprint density at radius 2 is 2.12 bits per heavy atom. The average Bonchev–Trinajstić information content (AvgIpc) is 3.17. The predicted octanol–water partition coefficient (Wildman–Crippen LogP) is 2.70. The van der Waals surface area contributed by atoms with Crippen LogP contribution in [-0.2, 0) is 17.9 Å². The molecule has 0 aromatic carbocycles. The molecule has 9 nitrogen and oxygen atoms in total. The quantitative estimate of drug-likeness (QED) is 0.568. The zero-order valence-electron chi connectivity index (χ0n) is 18.9. The summed E-state index contributed by atoms with van der Waals surface area (Å²) in [6.07, 6.45) is 3.44. The molecule has 1 saturated heterocycles. The number of nitrogens with zero attached hydrogens (tertiary/aromatic N) is 6. The van der Waals surface area contributed by atoms with Crippen molar-refractivity contribution in [3.63, 3.8) is 0 Å². The second kappa shape index (κ2) is 9.13. The minimum Gasteiger partial charge on any atom is -0.362 e. The summed E-state index contributed by atoms with van der Waals surface area (Å²) >= 11 is 0. The van der Waals surface area contributed by atoms with Crippen LogP contribution in [0.25, 0.3) is 5.65 Å². The van der Waals surface area contributed by atoms with Crippen LogP contribution in [0.5, 0.6) is 0 Å². The fourth-order valence-electron chi connectivity index (χ4n) is 4.80. The Kier molecular flexibility index (Phi) is 6.03. The summed E-state index contributed by atoms with van der Waals surface area (Å²) in [6, 6.07) is 5.49. The molecule has 1 fully saturated rings. The Bertz CT molecular complexity index is 1270. The third-order valence-electron chi connectivity index (χ3n) is 6.51. The van der Waals surface area contributed by atoms with Crippen molar-refractivity contribution < 1.29 is 18.3 Å². The summed E-state index contributed by atoms with van der Waals surface area (Å²) in [6.45, 7) is 1.36. The van der Waals surface area contributed by atoms with Crippen LogP contribution in [-0.4, -0.2) is 63.1 Å². The fourth-order valence-corrected chi connectivity index (χ4v) is 4.80. The number of methoxy groups -OCH3 is 1. The molecule has 0 unspecified atom stereocenters. The van der Waals surface area contributed by atoms with Crippen LogP contribution < -0.4 is 10.6 Å². The molecule has 180 valence electrons. The van der Waals surface area contributed by atoms with E-state index in [4.69, 9.17) is 4.74 Å². The number of aromatic nitrogens is 4. The Morgan fingerprint density at radius 1 is 1.26 bits per heavy atom. The normalized spacial score (nSPS) is 18.5. The number of amides is 1. The lowest BCUT2D eigenvalue weighted by atomic mass is 9.97. The number of alkyl halides is 2. The lowest BCUT2D eigenvalue weighted by molar-refractivity contribution is 0.0253. The van der Waals surface area contributed by atoms with Crippen LogP contribution in [0.2, 0.25) is 0 Å². The molecule has 0 radical (unpaired) electrons. The zero-order chi connectivity index (χ0) is 23.8. The van der Waals surface area contributed by atoms with Gasteiger partial charge in [0.1, 0.15) is 12.5 Å². The summed E-state index contributed by atoms with van der Waals surface area (Å²) in [5.41, 5.74) is 2.41. The number of likely N-dealkylation sites (tertiary alicyclic amines) is 1. The summed E-state index contributed by atoms with van der Waals surface area (Å²) in [5, 5.41) is 4.31. The van der Waals surface area contributed by atoms with Gasteiger partial charge in [-0.15, -0.1) is 5.10 Å². The second-order valence-electron chi connectivity index (χ2n) is 8.76. The van der Waals surface area contributed by atoms with Crippen molar-refractivity contribution >= 4 is 23.1 Å². The van der Waals surface area contributed by atoms with E-state index in [1.54, 1.807) is 6.20 Å². The molecule has 0 aliphatic carbocycles. The topological polar surface area (TPSA) is 85.0 Å². The highest BCUT2D eigenvalue weighted by Gasteiger charge is 2.31. The smallest absolute Gasteiger partial charge is 0.352 e. The molecule has 0 saturated carbocycles. The molecule has 0 bridgehead atoms. The zero-order valence-corrected chi connectivity index (χ0v) is 18.9. The van der Waals surface area contributed by atoms with E-state index in [9.17, 15) is 18.4 Å². The van der Waals surface area contributed by atoms with Crippen molar-refractivity contribution in [3.05, 3.63) is 52.2 Å². The minimum absolute atomic E-state index is 0.0653. The van der Waals surface area contributed by atoms with Crippen LogP contribution in [0.4, 0.5) is 20.3 Å². The summed E-state index contributed by atoms with van der Waals surface area (Å²) in [7, 11) is 1.50. The maximum Gasteiger partial charge on any atom is 0.352 e. The van der Waals surface area contributed by atoms with Crippen LogP contribution in [0.1, 0.15) is 35.2 Å². The number of hydrogen-bond acceptors (Lipinski definition) is 6. The maximum absolute atomic E-state index is 13.2. The van der Waals surface area contributed by atoms with Gasteiger partial charge in [0.2, 0.25) is 6.43 Å². The Balaban J connectivity index is 1.41. The largest absolute Gasteiger partial charge is 0.362 e. The second-order valence-corrected chi connectivity index (χ2v) is 8.76. The van der Waals surface area contributed by atoms with Crippen molar-refractivity contribution in [2.45, 2.75) is 38.8 Å². The number of halogens is 2. The molecule has 11 heteroatoms. The van der Waals surface area contributed by atoms with E-state index < -0.39 is 12.3 Å². The lowest BCUT2D eigenvalue weighted by Gasteiger charge is -2.33. The number of pyridine rings is 2. The van der Waals surface area contributed by atoms with Crippen LogP contribution in [0.3, 0.4) is 0 Å². The number of aryl methyl sites for hydroxylation is 1. The Morgan fingerprint density at radius 3 is 2.91 bits per heavy atom. The highest BCUT2D eigenvalue weighted by Crippen LogP contribution is 2.33. The fraction of sp³-hybridized carbons (Fsp3) is 0.478. The standard InChI is InChI=1S/C23H26F2N6O3/c1-34-14-31-23(33)30-9-6-18(11-19(30)27-31)29-8-3-4-15-10-17(12-26-21(15)29)22(32)28-7-2-5-16(13-28)20(24)25/h6,9-12,16,20H,2-5,7-8,13-14H2,1H3/t16-/m1/s1. The molecule has 2 aliphatic rings. The maximum atomic E-state index is 13.2. The molecule has 5 heterocycles. The molecule has 3 aromatic rings. The first-order valence-electron chi connectivity index (χ1n) is 11.4. The van der Waals surface area contributed by atoms with Gasteiger partial charge in [-0.05, 0) is 43.4 Å². The Labute approximate surface area is 194 Å². The predicted molar refractivity (Wildman–Crippen MR) is 121 cm³/mol. The summed E-state index contributed by atoms with van der Waals surface area (Å²) in [5.74, 6) is -0.272. The van der Waals surface area contributed by atoms with E-state index in [1.807, 2.05) is 23.1 Å². The summed E-state index contributed by atoms with van der Waals surface area (Å²) < 4.78 is 34.0. The number of hydrogen-bond donors (Lipinski definition) is 0. The number of piperidine rings is 1. The Hall–Kier alpha value is -3.34. The molecular weight excluding hydrogens is 446 g/mol. The number of carbonyl (C=O) groups is 1.